The molecule has 2 aliphatic rings. The molecule has 2 aliphatic heterocycles. The van der Waals surface area contributed by atoms with Crippen molar-refractivity contribution in [3.05, 3.63) is 0 Å². The van der Waals surface area contributed by atoms with E-state index in [-0.39, 0.29) is 23.6 Å². The molecule has 1 amide bonds. The lowest BCUT2D eigenvalue weighted by atomic mass is 9.82. The molecular formula is C12H22N2O2. The highest BCUT2D eigenvalue weighted by Crippen LogP contribution is 2.35. The minimum atomic E-state index is -0.113. The van der Waals surface area contributed by atoms with Gasteiger partial charge in [0, 0.05) is 5.54 Å². The number of piperidine rings is 1. The lowest BCUT2D eigenvalue weighted by Crippen LogP contribution is -2.68. The second-order valence-electron chi connectivity index (χ2n) is 5.87. The van der Waals surface area contributed by atoms with Crippen molar-refractivity contribution in [1.29, 1.82) is 0 Å². The molecule has 92 valence electrons. The van der Waals surface area contributed by atoms with E-state index in [4.69, 9.17) is 4.74 Å². The molecule has 0 aromatic heterocycles. The van der Waals surface area contributed by atoms with Gasteiger partial charge in [-0.25, -0.2) is 0 Å². The number of carbonyl (C=O) groups is 1. The number of hydrogen-bond donors (Lipinski definition) is 1. The van der Waals surface area contributed by atoms with Crippen molar-refractivity contribution in [2.24, 2.45) is 0 Å². The smallest absolute Gasteiger partial charge is 0.249 e. The van der Waals surface area contributed by atoms with Crippen LogP contribution in [0.1, 0.15) is 33.6 Å². The predicted octanol–water partition coefficient (Wildman–Crippen LogP) is 0.766. The zero-order valence-corrected chi connectivity index (χ0v) is 10.5. The molecule has 1 N–H and O–H groups in total. The summed E-state index contributed by atoms with van der Waals surface area (Å²) in [6.45, 7) is 9.22. The Hall–Kier alpha value is -0.610. The van der Waals surface area contributed by atoms with Gasteiger partial charge in [0.25, 0.3) is 0 Å². The van der Waals surface area contributed by atoms with Crippen LogP contribution in [-0.2, 0) is 9.53 Å². The monoisotopic (exact) mass is 226 g/mol. The van der Waals surface area contributed by atoms with Crippen LogP contribution in [0.3, 0.4) is 0 Å². The van der Waals surface area contributed by atoms with Gasteiger partial charge in [0.15, 0.2) is 0 Å². The van der Waals surface area contributed by atoms with Gasteiger partial charge in [-0.2, -0.15) is 0 Å². The summed E-state index contributed by atoms with van der Waals surface area (Å²) in [5.74, 6) is 0.139. The zero-order chi connectivity index (χ0) is 11.8. The van der Waals surface area contributed by atoms with Crippen LogP contribution >= 0.6 is 0 Å². The molecule has 0 atom stereocenters. The summed E-state index contributed by atoms with van der Waals surface area (Å²) in [6, 6.07) is 0. The Kier molecular flexibility index (Phi) is 2.97. The molecule has 0 aliphatic carbocycles. The molecule has 16 heavy (non-hydrogen) atoms. The van der Waals surface area contributed by atoms with Crippen molar-refractivity contribution in [3.8, 4) is 0 Å². The number of rotatable bonds is 0. The van der Waals surface area contributed by atoms with Gasteiger partial charge in [0.05, 0.1) is 12.1 Å². The third-order valence-corrected chi connectivity index (χ3v) is 3.53. The van der Waals surface area contributed by atoms with E-state index in [1.54, 1.807) is 0 Å². The van der Waals surface area contributed by atoms with Crippen molar-refractivity contribution in [2.45, 2.75) is 44.7 Å². The first-order valence-electron chi connectivity index (χ1n) is 6.07. The standard InChI is InChI=1S/C12H22N2O2/c1-11(2,3)14-10(15)8-16-9-12(14)4-6-13-7-5-12/h13H,4-9H2,1-3H3. The van der Waals surface area contributed by atoms with E-state index in [0.717, 1.165) is 25.9 Å². The van der Waals surface area contributed by atoms with E-state index >= 15 is 0 Å². The fourth-order valence-corrected chi connectivity index (χ4v) is 3.07. The molecule has 2 rings (SSSR count). The molecule has 2 fully saturated rings. The van der Waals surface area contributed by atoms with Crippen molar-refractivity contribution in [2.75, 3.05) is 26.3 Å². The number of morpholine rings is 1. The van der Waals surface area contributed by atoms with E-state index in [9.17, 15) is 4.79 Å². The van der Waals surface area contributed by atoms with Crippen LogP contribution in [0.4, 0.5) is 0 Å². The Morgan fingerprint density at radius 2 is 1.94 bits per heavy atom. The summed E-state index contributed by atoms with van der Waals surface area (Å²) in [5.41, 5.74) is -0.183. The molecule has 4 nitrogen and oxygen atoms in total. The van der Waals surface area contributed by atoms with Crippen LogP contribution in [0.15, 0.2) is 0 Å². The number of amides is 1. The second kappa shape index (κ2) is 4.00. The summed E-state index contributed by atoms with van der Waals surface area (Å²) in [5, 5.41) is 3.35. The van der Waals surface area contributed by atoms with Gasteiger partial charge >= 0.3 is 0 Å². The Morgan fingerprint density at radius 3 is 2.50 bits per heavy atom. The average Bonchev–Trinajstić information content (AvgIpc) is 2.16. The fourth-order valence-electron chi connectivity index (χ4n) is 3.07. The highest BCUT2D eigenvalue weighted by atomic mass is 16.5. The first-order valence-corrected chi connectivity index (χ1v) is 6.07. The molecule has 0 bridgehead atoms. The lowest BCUT2D eigenvalue weighted by Gasteiger charge is -2.54. The Labute approximate surface area is 97.3 Å². The van der Waals surface area contributed by atoms with Crippen LogP contribution < -0.4 is 5.32 Å². The summed E-state index contributed by atoms with van der Waals surface area (Å²) in [4.78, 5) is 14.2. The van der Waals surface area contributed by atoms with Crippen LogP contribution in [0, 0.1) is 0 Å². The van der Waals surface area contributed by atoms with Crippen molar-refractivity contribution >= 4 is 5.91 Å². The van der Waals surface area contributed by atoms with Crippen LogP contribution in [0.25, 0.3) is 0 Å². The first-order chi connectivity index (χ1) is 7.46. The van der Waals surface area contributed by atoms with Gasteiger partial charge in [0.1, 0.15) is 6.61 Å². The summed E-state index contributed by atoms with van der Waals surface area (Å²) in [6.07, 6.45) is 1.99. The minimum Gasteiger partial charge on any atom is -0.369 e. The van der Waals surface area contributed by atoms with E-state index in [2.05, 4.69) is 31.0 Å². The minimum absolute atomic E-state index is 0.0706. The van der Waals surface area contributed by atoms with E-state index < -0.39 is 0 Å². The molecule has 2 heterocycles. The quantitative estimate of drug-likeness (QED) is 0.663. The topological polar surface area (TPSA) is 41.6 Å². The number of nitrogens with zero attached hydrogens (tertiary/aromatic N) is 1. The number of hydrogen-bond acceptors (Lipinski definition) is 3. The molecule has 2 saturated heterocycles. The summed E-state index contributed by atoms with van der Waals surface area (Å²) >= 11 is 0. The van der Waals surface area contributed by atoms with Gasteiger partial charge < -0.3 is 15.0 Å². The fraction of sp³-hybridized carbons (Fsp3) is 0.917. The van der Waals surface area contributed by atoms with Crippen LogP contribution in [-0.4, -0.2) is 48.2 Å². The van der Waals surface area contributed by atoms with Crippen LogP contribution in [0.5, 0.6) is 0 Å². The predicted molar refractivity (Wildman–Crippen MR) is 62.3 cm³/mol. The van der Waals surface area contributed by atoms with Crippen LogP contribution in [0.2, 0.25) is 0 Å². The maximum absolute atomic E-state index is 12.1. The third-order valence-electron chi connectivity index (χ3n) is 3.53. The molecule has 4 heteroatoms. The Bertz CT molecular complexity index is 272. The molecule has 1 spiro atoms. The first kappa shape index (κ1) is 11.9. The van der Waals surface area contributed by atoms with Gasteiger partial charge in [-0.1, -0.05) is 0 Å². The van der Waals surface area contributed by atoms with Crippen molar-refractivity contribution in [1.82, 2.24) is 10.2 Å². The lowest BCUT2D eigenvalue weighted by molar-refractivity contribution is -0.172. The Morgan fingerprint density at radius 1 is 1.31 bits per heavy atom. The van der Waals surface area contributed by atoms with Gasteiger partial charge in [0.2, 0.25) is 5.91 Å². The zero-order valence-electron chi connectivity index (χ0n) is 10.5. The van der Waals surface area contributed by atoms with Crippen molar-refractivity contribution < 1.29 is 9.53 Å². The van der Waals surface area contributed by atoms with E-state index in [1.807, 2.05) is 0 Å². The number of ether oxygens (including phenoxy) is 1. The summed E-state index contributed by atoms with van der Waals surface area (Å²) in [7, 11) is 0. The van der Waals surface area contributed by atoms with Gasteiger partial charge in [-0.05, 0) is 46.7 Å². The van der Waals surface area contributed by atoms with E-state index in [0.29, 0.717) is 6.61 Å². The van der Waals surface area contributed by atoms with E-state index in [1.165, 1.54) is 0 Å². The molecule has 0 unspecified atom stereocenters. The van der Waals surface area contributed by atoms with Crippen molar-refractivity contribution in [3.63, 3.8) is 0 Å². The molecule has 0 aromatic rings. The molecular weight excluding hydrogens is 204 g/mol. The largest absolute Gasteiger partial charge is 0.369 e. The number of nitrogens with one attached hydrogen (secondary N) is 1. The highest BCUT2D eigenvalue weighted by molar-refractivity contribution is 5.80. The SMILES string of the molecule is CC(C)(C)N1C(=O)COCC12CCNCC2. The average molecular weight is 226 g/mol. The Balaban J connectivity index is 2.29. The third kappa shape index (κ3) is 1.96. The number of carbonyl (C=O) groups excluding carboxylic acids is 1. The summed E-state index contributed by atoms with van der Waals surface area (Å²) < 4.78 is 5.48. The highest BCUT2D eigenvalue weighted by Gasteiger charge is 2.48. The van der Waals surface area contributed by atoms with Gasteiger partial charge in [-0.3, -0.25) is 4.79 Å². The molecule has 0 aromatic carbocycles. The maximum Gasteiger partial charge on any atom is 0.249 e. The maximum atomic E-state index is 12.1. The molecule has 0 saturated carbocycles. The second-order valence-corrected chi connectivity index (χ2v) is 5.87. The molecule has 0 radical (unpaired) electrons. The normalized spacial score (nSPS) is 26.2. The van der Waals surface area contributed by atoms with Gasteiger partial charge in [-0.15, -0.1) is 0 Å².